The molecule has 0 unspecified atom stereocenters. The number of amides is 1. The Kier molecular flexibility index (Phi) is 6.83. The smallest absolute Gasteiger partial charge is 0.250 e. The number of halogens is 1. The summed E-state index contributed by atoms with van der Waals surface area (Å²) in [6.45, 7) is 0.842. The Labute approximate surface area is 121 Å². The molecule has 0 heterocycles. The number of nitrogens with zero attached hydrogens (tertiary/aromatic N) is 1. The third kappa shape index (κ3) is 4.81. The molecule has 0 aliphatic rings. The molecule has 5 nitrogen and oxygen atoms in total. The molecule has 19 heavy (non-hydrogen) atoms. The fourth-order valence-corrected chi connectivity index (χ4v) is 2.16. The van der Waals surface area contributed by atoms with Crippen LogP contribution in [0.3, 0.4) is 0 Å². The van der Waals surface area contributed by atoms with E-state index in [1.807, 2.05) is 18.2 Å². The average molecular weight is 332 g/mol. The Balaban J connectivity index is 2.67. The van der Waals surface area contributed by atoms with E-state index in [9.17, 15) is 4.79 Å². The zero-order valence-corrected chi connectivity index (χ0v) is 12.9. The molecule has 0 bridgehead atoms. The van der Waals surface area contributed by atoms with Gasteiger partial charge < -0.3 is 9.47 Å². The summed E-state index contributed by atoms with van der Waals surface area (Å²) in [6, 6.07) is 5.53. The third-order valence-electron chi connectivity index (χ3n) is 2.57. The summed E-state index contributed by atoms with van der Waals surface area (Å²) in [4.78, 5) is 17.0. The number of ether oxygens (including phenoxy) is 2. The van der Waals surface area contributed by atoms with E-state index < -0.39 is 0 Å². The van der Waals surface area contributed by atoms with Crippen LogP contribution >= 0.6 is 15.9 Å². The highest BCUT2D eigenvalue weighted by Crippen LogP contribution is 2.25. The minimum Gasteiger partial charge on any atom is -0.496 e. The summed E-state index contributed by atoms with van der Waals surface area (Å²) >= 11 is 3.39. The van der Waals surface area contributed by atoms with Gasteiger partial charge in [-0.2, -0.15) is 0 Å². The molecule has 1 rings (SSSR count). The van der Waals surface area contributed by atoms with Crippen molar-refractivity contribution in [1.29, 1.82) is 0 Å². The van der Waals surface area contributed by atoms with E-state index in [1.54, 1.807) is 14.2 Å². The Morgan fingerprint density at radius 3 is 2.58 bits per heavy atom. The highest BCUT2D eigenvalue weighted by Gasteiger charge is 2.14. The predicted molar refractivity (Wildman–Crippen MR) is 75.0 cm³/mol. The fourth-order valence-electron chi connectivity index (χ4n) is 1.57. The number of hydrogen-bond acceptors (Lipinski definition) is 4. The normalized spacial score (nSPS) is 10.3. The number of rotatable bonds is 7. The highest BCUT2D eigenvalue weighted by molar-refractivity contribution is 9.10. The quantitative estimate of drug-likeness (QED) is 0.717. The minimum absolute atomic E-state index is 0.114. The second kappa shape index (κ2) is 8.14. The molecular weight excluding hydrogens is 314 g/mol. The van der Waals surface area contributed by atoms with Gasteiger partial charge in [-0.25, -0.2) is 5.06 Å². The summed E-state index contributed by atoms with van der Waals surface area (Å²) in [5.41, 5.74) is 0.886. The van der Waals surface area contributed by atoms with Crippen LogP contribution in [0.15, 0.2) is 22.7 Å². The molecule has 0 radical (unpaired) electrons. The number of benzene rings is 1. The lowest BCUT2D eigenvalue weighted by molar-refractivity contribution is -0.177. The van der Waals surface area contributed by atoms with E-state index in [-0.39, 0.29) is 12.3 Å². The van der Waals surface area contributed by atoms with E-state index in [0.29, 0.717) is 13.2 Å². The summed E-state index contributed by atoms with van der Waals surface area (Å²) < 4.78 is 10.9. The van der Waals surface area contributed by atoms with Crippen molar-refractivity contribution in [2.45, 2.75) is 6.42 Å². The number of carbonyl (C=O) groups is 1. The maximum atomic E-state index is 12.0. The highest BCUT2D eigenvalue weighted by atomic mass is 79.9. The molecule has 0 aromatic heterocycles. The first-order valence-electron chi connectivity index (χ1n) is 5.78. The molecule has 0 spiro atoms. The number of carbonyl (C=O) groups excluding carboxylic acids is 1. The lowest BCUT2D eigenvalue weighted by Crippen LogP contribution is -2.34. The van der Waals surface area contributed by atoms with Gasteiger partial charge in [0.15, 0.2) is 0 Å². The van der Waals surface area contributed by atoms with Crippen molar-refractivity contribution in [3.8, 4) is 5.75 Å². The molecule has 0 saturated heterocycles. The molecule has 1 aromatic carbocycles. The number of hydroxylamine groups is 2. The standard InChI is InChI=1S/C13H18BrNO4/c1-17-7-6-15(19-3)13(16)9-10-4-5-12(18-2)11(14)8-10/h4-5,8H,6-7,9H2,1-3H3. The van der Waals surface area contributed by atoms with Gasteiger partial charge in [0.25, 0.3) is 5.91 Å². The van der Waals surface area contributed by atoms with E-state index in [4.69, 9.17) is 14.3 Å². The zero-order valence-electron chi connectivity index (χ0n) is 11.3. The molecule has 106 valence electrons. The van der Waals surface area contributed by atoms with Gasteiger partial charge in [-0.3, -0.25) is 9.63 Å². The molecule has 6 heteroatoms. The Bertz CT molecular complexity index is 425. The molecule has 0 aliphatic carbocycles. The van der Waals surface area contributed by atoms with Crippen molar-refractivity contribution < 1.29 is 19.1 Å². The molecule has 0 N–H and O–H groups in total. The lowest BCUT2D eigenvalue weighted by Gasteiger charge is -2.19. The first-order valence-corrected chi connectivity index (χ1v) is 6.57. The van der Waals surface area contributed by atoms with Crippen molar-refractivity contribution in [2.75, 3.05) is 34.5 Å². The Morgan fingerprint density at radius 2 is 2.05 bits per heavy atom. The zero-order chi connectivity index (χ0) is 14.3. The van der Waals surface area contributed by atoms with Gasteiger partial charge in [0, 0.05) is 7.11 Å². The van der Waals surface area contributed by atoms with Crippen molar-refractivity contribution in [2.24, 2.45) is 0 Å². The van der Waals surface area contributed by atoms with Gasteiger partial charge in [-0.15, -0.1) is 0 Å². The van der Waals surface area contributed by atoms with Crippen LogP contribution in [0.5, 0.6) is 5.75 Å². The van der Waals surface area contributed by atoms with Crippen LogP contribution in [0, 0.1) is 0 Å². The number of hydrogen-bond donors (Lipinski definition) is 0. The molecule has 1 aromatic rings. The van der Waals surface area contributed by atoms with Crippen molar-refractivity contribution in [1.82, 2.24) is 5.06 Å². The van der Waals surface area contributed by atoms with Crippen LogP contribution in [-0.2, 0) is 20.8 Å². The SMILES string of the molecule is COCCN(OC)C(=O)Cc1ccc(OC)c(Br)c1. The van der Waals surface area contributed by atoms with Gasteiger partial charge in [-0.1, -0.05) is 6.07 Å². The molecule has 0 aliphatic heterocycles. The molecule has 0 atom stereocenters. The first-order chi connectivity index (χ1) is 9.12. The second-order valence-corrected chi connectivity index (χ2v) is 4.67. The van der Waals surface area contributed by atoms with Crippen LogP contribution in [0.1, 0.15) is 5.56 Å². The van der Waals surface area contributed by atoms with E-state index in [1.165, 1.54) is 12.2 Å². The summed E-state index contributed by atoms with van der Waals surface area (Å²) in [5.74, 6) is 0.621. The summed E-state index contributed by atoms with van der Waals surface area (Å²) in [7, 11) is 4.65. The van der Waals surface area contributed by atoms with Crippen molar-refractivity contribution in [3.05, 3.63) is 28.2 Å². The van der Waals surface area contributed by atoms with Crippen molar-refractivity contribution in [3.63, 3.8) is 0 Å². The van der Waals surface area contributed by atoms with Crippen LogP contribution in [0.2, 0.25) is 0 Å². The predicted octanol–water partition coefficient (Wildman–Crippen LogP) is 2.04. The van der Waals surface area contributed by atoms with E-state index in [2.05, 4.69) is 15.9 Å². The second-order valence-electron chi connectivity index (χ2n) is 3.82. The fraction of sp³-hybridized carbons (Fsp3) is 0.462. The number of methoxy groups -OCH3 is 2. The summed E-state index contributed by atoms with van der Waals surface area (Å²) in [6.07, 6.45) is 0.264. The average Bonchev–Trinajstić information content (AvgIpc) is 2.40. The maximum Gasteiger partial charge on any atom is 0.250 e. The van der Waals surface area contributed by atoms with Gasteiger partial charge in [0.2, 0.25) is 0 Å². The first kappa shape index (κ1) is 15.9. The van der Waals surface area contributed by atoms with Gasteiger partial charge in [0.1, 0.15) is 5.75 Å². The van der Waals surface area contributed by atoms with Crippen LogP contribution in [0.25, 0.3) is 0 Å². The van der Waals surface area contributed by atoms with Gasteiger partial charge in [-0.05, 0) is 33.6 Å². The van der Waals surface area contributed by atoms with Crippen LogP contribution in [-0.4, -0.2) is 45.5 Å². The molecule has 0 saturated carbocycles. The van der Waals surface area contributed by atoms with E-state index in [0.717, 1.165) is 15.8 Å². The molecule has 1 amide bonds. The molecular formula is C13H18BrNO4. The lowest BCUT2D eigenvalue weighted by atomic mass is 10.1. The van der Waals surface area contributed by atoms with E-state index >= 15 is 0 Å². The van der Waals surface area contributed by atoms with Gasteiger partial charge in [0.05, 0.1) is 38.3 Å². The topological polar surface area (TPSA) is 48.0 Å². The van der Waals surface area contributed by atoms with Crippen LogP contribution in [0.4, 0.5) is 0 Å². The van der Waals surface area contributed by atoms with Gasteiger partial charge >= 0.3 is 0 Å². The minimum atomic E-state index is -0.114. The monoisotopic (exact) mass is 331 g/mol. The van der Waals surface area contributed by atoms with Crippen molar-refractivity contribution >= 4 is 21.8 Å². The molecule has 0 fully saturated rings. The Hall–Kier alpha value is -1.11. The summed E-state index contributed by atoms with van der Waals surface area (Å²) in [5, 5.41) is 1.29. The largest absolute Gasteiger partial charge is 0.496 e. The third-order valence-corrected chi connectivity index (χ3v) is 3.19. The Morgan fingerprint density at radius 1 is 1.32 bits per heavy atom. The van der Waals surface area contributed by atoms with Crippen LogP contribution < -0.4 is 4.74 Å². The maximum absolute atomic E-state index is 12.0.